The van der Waals surface area contributed by atoms with Gasteiger partial charge in [-0.05, 0) is 29.3 Å². The maximum absolute atomic E-state index is 13.8. The first kappa shape index (κ1) is 12.0. The molecule has 0 aliphatic rings. The van der Waals surface area contributed by atoms with Crippen LogP contribution in [0.5, 0.6) is 0 Å². The number of halogens is 1. The zero-order valence-corrected chi connectivity index (χ0v) is 9.97. The summed E-state index contributed by atoms with van der Waals surface area (Å²) in [6, 6.07) is 12.1. The first-order valence-electron chi connectivity index (χ1n) is 5.89. The lowest BCUT2D eigenvalue weighted by Crippen LogP contribution is -2.32. The fourth-order valence-corrected chi connectivity index (χ4v) is 2.24. The first-order chi connectivity index (χ1) is 9.16. The molecule has 1 aromatic heterocycles. The highest BCUT2D eigenvalue weighted by Crippen LogP contribution is 2.28. The number of aromatic amines is 1. The van der Waals surface area contributed by atoms with Gasteiger partial charge in [0.05, 0.1) is 0 Å². The van der Waals surface area contributed by atoms with E-state index in [9.17, 15) is 4.39 Å². The number of rotatable bonds is 2. The summed E-state index contributed by atoms with van der Waals surface area (Å²) in [5.74, 6) is -0.625. The maximum Gasteiger partial charge on any atom is 0.491 e. The van der Waals surface area contributed by atoms with Crippen molar-refractivity contribution < 1.29 is 14.4 Å². The third-order valence-electron chi connectivity index (χ3n) is 3.18. The van der Waals surface area contributed by atoms with Gasteiger partial charge in [-0.25, -0.2) is 4.39 Å². The first-order valence-corrected chi connectivity index (χ1v) is 5.89. The van der Waals surface area contributed by atoms with Gasteiger partial charge in [0.15, 0.2) is 0 Å². The van der Waals surface area contributed by atoms with Crippen LogP contribution in [0.4, 0.5) is 4.39 Å². The van der Waals surface area contributed by atoms with Crippen LogP contribution in [0.15, 0.2) is 48.7 Å². The van der Waals surface area contributed by atoms with Gasteiger partial charge in [-0.2, -0.15) is 0 Å². The highest BCUT2D eigenvalue weighted by atomic mass is 19.1. The van der Waals surface area contributed by atoms with E-state index in [1.807, 2.05) is 30.5 Å². The average Bonchev–Trinajstić information content (AvgIpc) is 2.86. The molecule has 0 fully saturated rings. The van der Waals surface area contributed by atoms with Gasteiger partial charge in [0.2, 0.25) is 0 Å². The van der Waals surface area contributed by atoms with Crippen LogP contribution in [-0.4, -0.2) is 22.2 Å². The van der Waals surface area contributed by atoms with E-state index in [2.05, 4.69) is 4.98 Å². The lowest BCUT2D eigenvalue weighted by Gasteiger charge is -2.07. The van der Waals surface area contributed by atoms with Gasteiger partial charge in [-0.1, -0.05) is 24.3 Å². The molecule has 5 heteroatoms. The smallest absolute Gasteiger partial charge is 0.423 e. The minimum absolute atomic E-state index is 0.120. The van der Waals surface area contributed by atoms with Gasteiger partial charge in [0.25, 0.3) is 0 Å². The Morgan fingerprint density at radius 2 is 1.89 bits per heavy atom. The fourth-order valence-electron chi connectivity index (χ4n) is 2.24. The Labute approximate surface area is 109 Å². The monoisotopic (exact) mass is 255 g/mol. The predicted octanol–water partition coefficient (Wildman–Crippen LogP) is 1.65. The van der Waals surface area contributed by atoms with E-state index in [4.69, 9.17) is 10.0 Å². The zero-order chi connectivity index (χ0) is 13.4. The highest BCUT2D eigenvalue weighted by molar-refractivity contribution is 6.58. The van der Waals surface area contributed by atoms with Crippen LogP contribution in [0.1, 0.15) is 0 Å². The minimum Gasteiger partial charge on any atom is -0.423 e. The average molecular weight is 255 g/mol. The van der Waals surface area contributed by atoms with Gasteiger partial charge in [-0.3, -0.25) is 0 Å². The summed E-state index contributed by atoms with van der Waals surface area (Å²) in [5, 5.41) is 19.0. The molecule has 0 unspecified atom stereocenters. The molecule has 94 valence electrons. The molecular weight excluding hydrogens is 244 g/mol. The van der Waals surface area contributed by atoms with Crippen molar-refractivity contribution in [3.05, 3.63) is 54.5 Å². The SMILES string of the molecule is OB(O)c1ccc(-c2cccc3[nH]ccc23)cc1F. The zero-order valence-electron chi connectivity index (χ0n) is 9.97. The second-order valence-corrected chi connectivity index (χ2v) is 4.35. The number of hydrogen-bond acceptors (Lipinski definition) is 2. The van der Waals surface area contributed by atoms with Crippen molar-refractivity contribution in [3.8, 4) is 11.1 Å². The van der Waals surface area contributed by atoms with Crippen molar-refractivity contribution >= 4 is 23.5 Å². The standard InChI is InChI=1S/C14H11BFNO2/c16-13-8-9(4-5-12(13)15(18)19)10-2-1-3-14-11(10)6-7-17-14/h1-8,17-19H. The van der Waals surface area contributed by atoms with Crippen LogP contribution >= 0.6 is 0 Å². The Morgan fingerprint density at radius 3 is 2.63 bits per heavy atom. The van der Waals surface area contributed by atoms with Crippen molar-refractivity contribution in [2.24, 2.45) is 0 Å². The van der Waals surface area contributed by atoms with Crippen LogP contribution < -0.4 is 5.46 Å². The molecule has 3 aromatic rings. The summed E-state index contributed by atoms with van der Waals surface area (Å²) in [7, 11) is -1.79. The number of nitrogens with one attached hydrogen (secondary N) is 1. The lowest BCUT2D eigenvalue weighted by atomic mass is 9.79. The van der Waals surface area contributed by atoms with Gasteiger partial charge < -0.3 is 15.0 Å². The van der Waals surface area contributed by atoms with Crippen molar-refractivity contribution in [2.75, 3.05) is 0 Å². The molecule has 0 amide bonds. The molecule has 0 radical (unpaired) electrons. The number of H-pyrrole nitrogens is 1. The van der Waals surface area contributed by atoms with Crippen LogP contribution in [0.25, 0.3) is 22.0 Å². The highest BCUT2D eigenvalue weighted by Gasteiger charge is 2.17. The number of fused-ring (bicyclic) bond motifs is 1. The molecule has 3 nitrogen and oxygen atoms in total. The summed E-state index contributed by atoms with van der Waals surface area (Å²) in [6.07, 6.45) is 1.83. The molecule has 0 bridgehead atoms. The van der Waals surface area contributed by atoms with Gasteiger partial charge in [0, 0.05) is 22.6 Å². The van der Waals surface area contributed by atoms with Crippen molar-refractivity contribution in [1.82, 2.24) is 4.98 Å². The van der Waals surface area contributed by atoms with Crippen molar-refractivity contribution in [2.45, 2.75) is 0 Å². The summed E-state index contributed by atoms with van der Waals surface area (Å²) in [6.45, 7) is 0. The number of hydrogen-bond donors (Lipinski definition) is 3. The number of aromatic nitrogens is 1. The van der Waals surface area contributed by atoms with E-state index in [1.165, 1.54) is 12.1 Å². The maximum atomic E-state index is 13.8. The van der Waals surface area contributed by atoms with Gasteiger partial charge in [0.1, 0.15) is 5.82 Å². The Bertz CT molecular complexity index is 739. The predicted molar refractivity (Wildman–Crippen MR) is 73.5 cm³/mol. The third kappa shape index (κ3) is 2.03. The van der Waals surface area contributed by atoms with Crippen LogP contribution in [0, 0.1) is 5.82 Å². The fraction of sp³-hybridized carbons (Fsp3) is 0. The molecule has 3 N–H and O–H groups in total. The molecule has 0 atom stereocenters. The van der Waals surface area contributed by atoms with E-state index in [1.54, 1.807) is 6.07 Å². The van der Waals surface area contributed by atoms with Crippen molar-refractivity contribution in [1.29, 1.82) is 0 Å². The largest absolute Gasteiger partial charge is 0.491 e. The van der Waals surface area contributed by atoms with Crippen LogP contribution in [0.2, 0.25) is 0 Å². The number of benzene rings is 2. The van der Waals surface area contributed by atoms with E-state index < -0.39 is 12.9 Å². The lowest BCUT2D eigenvalue weighted by molar-refractivity contribution is 0.423. The van der Waals surface area contributed by atoms with Crippen LogP contribution in [-0.2, 0) is 0 Å². The Morgan fingerprint density at radius 1 is 1.05 bits per heavy atom. The molecule has 0 saturated heterocycles. The van der Waals surface area contributed by atoms with Gasteiger partial charge >= 0.3 is 7.12 Å². The quantitative estimate of drug-likeness (QED) is 0.610. The van der Waals surface area contributed by atoms with E-state index in [0.717, 1.165) is 16.5 Å². The molecular formula is C14H11BFNO2. The summed E-state index contributed by atoms with van der Waals surface area (Å²) >= 11 is 0. The van der Waals surface area contributed by atoms with Crippen molar-refractivity contribution in [3.63, 3.8) is 0 Å². The van der Waals surface area contributed by atoms with Crippen LogP contribution in [0.3, 0.4) is 0 Å². The molecule has 3 rings (SSSR count). The van der Waals surface area contributed by atoms with E-state index in [0.29, 0.717) is 5.56 Å². The normalized spacial score (nSPS) is 10.9. The molecule has 0 spiro atoms. The molecule has 0 aliphatic heterocycles. The molecule has 2 aromatic carbocycles. The minimum atomic E-state index is -1.79. The molecule has 0 aliphatic carbocycles. The second kappa shape index (κ2) is 4.53. The van der Waals surface area contributed by atoms with E-state index in [-0.39, 0.29) is 5.46 Å². The Hall–Kier alpha value is -2.11. The Balaban J connectivity index is 2.17. The third-order valence-corrected chi connectivity index (χ3v) is 3.18. The van der Waals surface area contributed by atoms with Gasteiger partial charge in [-0.15, -0.1) is 0 Å². The molecule has 0 saturated carbocycles. The molecule has 19 heavy (non-hydrogen) atoms. The van der Waals surface area contributed by atoms with E-state index >= 15 is 0 Å². The Kier molecular flexibility index (Phi) is 2.85. The summed E-state index contributed by atoms with van der Waals surface area (Å²) in [5.41, 5.74) is 2.46. The topological polar surface area (TPSA) is 56.2 Å². The second-order valence-electron chi connectivity index (χ2n) is 4.35. The molecule has 1 heterocycles. The summed E-state index contributed by atoms with van der Waals surface area (Å²) < 4.78 is 13.8. The summed E-state index contributed by atoms with van der Waals surface area (Å²) in [4.78, 5) is 3.10.